The summed E-state index contributed by atoms with van der Waals surface area (Å²) in [6.45, 7) is 7.18. The van der Waals surface area contributed by atoms with E-state index in [0.29, 0.717) is 42.2 Å². The second-order valence-corrected chi connectivity index (χ2v) is 9.39. The molecule has 0 unspecified atom stereocenters. The Morgan fingerprint density at radius 3 is 2.03 bits per heavy atom. The zero-order valence-corrected chi connectivity index (χ0v) is 18.0. The van der Waals surface area contributed by atoms with Crippen LogP contribution in [0, 0.1) is 0 Å². The third kappa shape index (κ3) is 3.41. The molecule has 4 rings (SSSR count). The molecular formula is C22H23N3O4S. The van der Waals surface area contributed by atoms with Crippen LogP contribution in [0.25, 0.3) is 0 Å². The first-order chi connectivity index (χ1) is 14.2. The van der Waals surface area contributed by atoms with Crippen molar-refractivity contribution in [3.8, 4) is 0 Å². The third-order valence-corrected chi connectivity index (χ3v) is 6.25. The van der Waals surface area contributed by atoms with E-state index in [1.54, 1.807) is 48.8 Å². The van der Waals surface area contributed by atoms with Crippen LogP contribution < -0.4 is 0 Å². The maximum atomic E-state index is 13.0. The molecule has 3 heterocycles. The minimum atomic E-state index is -0.636. The summed E-state index contributed by atoms with van der Waals surface area (Å²) in [5, 5.41) is 1.87. The van der Waals surface area contributed by atoms with Crippen molar-refractivity contribution in [2.24, 2.45) is 0 Å². The SMILES string of the molecule is CC(C)(C)N1C(=O)c2ccc(C(=O)N3CCN(C(=O)c4cccs4)CC3)cc2C1=O. The quantitative estimate of drug-likeness (QED) is 0.693. The number of fused-ring (bicyclic) bond motifs is 1. The first-order valence-electron chi connectivity index (χ1n) is 9.83. The lowest BCUT2D eigenvalue weighted by molar-refractivity contribution is 0.0507. The number of benzene rings is 1. The second kappa shape index (κ2) is 7.36. The summed E-state index contributed by atoms with van der Waals surface area (Å²) in [7, 11) is 0. The van der Waals surface area contributed by atoms with E-state index in [0.717, 1.165) is 0 Å². The lowest BCUT2D eigenvalue weighted by Crippen LogP contribution is -2.50. The van der Waals surface area contributed by atoms with Crippen molar-refractivity contribution >= 4 is 35.0 Å². The highest BCUT2D eigenvalue weighted by molar-refractivity contribution is 7.12. The summed E-state index contributed by atoms with van der Waals surface area (Å²) >= 11 is 1.41. The molecule has 0 N–H and O–H groups in total. The minimum absolute atomic E-state index is 0.0130. The maximum Gasteiger partial charge on any atom is 0.264 e. The highest BCUT2D eigenvalue weighted by atomic mass is 32.1. The minimum Gasteiger partial charge on any atom is -0.335 e. The molecule has 4 amide bonds. The van der Waals surface area contributed by atoms with Crippen LogP contribution in [0.4, 0.5) is 0 Å². The van der Waals surface area contributed by atoms with Crippen LogP contribution in [0.15, 0.2) is 35.7 Å². The molecule has 1 fully saturated rings. The fourth-order valence-corrected chi connectivity index (χ4v) is 4.53. The number of amides is 4. The van der Waals surface area contributed by atoms with Crippen LogP contribution in [-0.4, -0.2) is 70.0 Å². The van der Waals surface area contributed by atoms with Gasteiger partial charge in [-0.3, -0.25) is 24.1 Å². The van der Waals surface area contributed by atoms with E-state index in [4.69, 9.17) is 0 Å². The van der Waals surface area contributed by atoms with Gasteiger partial charge in [-0.2, -0.15) is 0 Å². The summed E-state index contributed by atoms with van der Waals surface area (Å²) in [6, 6.07) is 8.33. The highest BCUT2D eigenvalue weighted by Gasteiger charge is 2.42. The molecular weight excluding hydrogens is 402 g/mol. The van der Waals surface area contributed by atoms with Crippen LogP contribution >= 0.6 is 11.3 Å². The Labute approximate surface area is 178 Å². The number of carbonyl (C=O) groups is 4. The Morgan fingerprint density at radius 2 is 1.47 bits per heavy atom. The van der Waals surface area contributed by atoms with Crippen LogP contribution in [0.5, 0.6) is 0 Å². The van der Waals surface area contributed by atoms with Gasteiger partial charge in [0.05, 0.1) is 16.0 Å². The first kappa shape index (κ1) is 20.3. The van der Waals surface area contributed by atoms with Crippen LogP contribution in [0.3, 0.4) is 0 Å². The zero-order chi connectivity index (χ0) is 21.6. The number of rotatable bonds is 2. The zero-order valence-electron chi connectivity index (χ0n) is 17.2. The topological polar surface area (TPSA) is 78.0 Å². The van der Waals surface area contributed by atoms with Crippen molar-refractivity contribution in [2.75, 3.05) is 26.2 Å². The van der Waals surface area contributed by atoms with E-state index in [9.17, 15) is 19.2 Å². The van der Waals surface area contributed by atoms with Crippen LogP contribution in [0.2, 0.25) is 0 Å². The third-order valence-electron chi connectivity index (χ3n) is 5.39. The van der Waals surface area contributed by atoms with E-state index in [2.05, 4.69) is 0 Å². The molecule has 0 saturated carbocycles. The smallest absolute Gasteiger partial charge is 0.264 e. The summed E-state index contributed by atoms with van der Waals surface area (Å²) in [6.07, 6.45) is 0. The lowest BCUT2D eigenvalue weighted by atomic mass is 10.0. The number of imide groups is 1. The van der Waals surface area contributed by atoms with E-state index in [-0.39, 0.29) is 29.2 Å². The van der Waals surface area contributed by atoms with Gasteiger partial charge in [-0.1, -0.05) is 6.07 Å². The number of carbonyl (C=O) groups excluding carboxylic acids is 4. The van der Waals surface area contributed by atoms with Gasteiger partial charge >= 0.3 is 0 Å². The predicted octanol–water partition coefficient (Wildman–Crippen LogP) is 2.74. The molecule has 0 bridgehead atoms. The molecule has 7 nitrogen and oxygen atoms in total. The van der Waals surface area contributed by atoms with Crippen molar-refractivity contribution in [3.63, 3.8) is 0 Å². The molecule has 2 aliphatic rings. The average Bonchev–Trinajstić information content (AvgIpc) is 3.34. The summed E-state index contributed by atoms with van der Waals surface area (Å²) < 4.78 is 0. The average molecular weight is 426 g/mol. The molecule has 0 spiro atoms. The predicted molar refractivity (Wildman–Crippen MR) is 113 cm³/mol. The van der Waals surface area contributed by atoms with Gasteiger partial charge in [0.15, 0.2) is 0 Å². The largest absolute Gasteiger partial charge is 0.335 e. The molecule has 2 aliphatic heterocycles. The Bertz CT molecular complexity index is 1030. The van der Waals surface area contributed by atoms with Crippen molar-refractivity contribution in [3.05, 3.63) is 57.3 Å². The Balaban J connectivity index is 1.47. The van der Waals surface area contributed by atoms with Crippen molar-refractivity contribution in [1.29, 1.82) is 0 Å². The maximum absolute atomic E-state index is 13.0. The molecule has 0 atom stereocenters. The van der Waals surface area contributed by atoms with E-state index >= 15 is 0 Å². The second-order valence-electron chi connectivity index (χ2n) is 8.44. The van der Waals surface area contributed by atoms with Gasteiger partial charge in [-0.15, -0.1) is 11.3 Å². The first-order valence-corrected chi connectivity index (χ1v) is 10.7. The Morgan fingerprint density at radius 1 is 0.867 bits per heavy atom. The van der Waals surface area contributed by atoms with Gasteiger partial charge in [0.1, 0.15) is 0 Å². The van der Waals surface area contributed by atoms with Gasteiger partial charge in [-0.25, -0.2) is 0 Å². The monoisotopic (exact) mass is 425 g/mol. The standard InChI is InChI=1S/C22H23N3O4S/c1-22(2,3)25-19(27)15-7-6-14(13-16(15)20(25)28)18(26)23-8-10-24(11-9-23)21(29)17-5-4-12-30-17/h4-7,12-13H,8-11H2,1-3H3. The van der Waals surface area contributed by atoms with Gasteiger partial charge in [0.2, 0.25) is 0 Å². The van der Waals surface area contributed by atoms with Crippen LogP contribution in [-0.2, 0) is 0 Å². The number of hydrogen-bond acceptors (Lipinski definition) is 5. The van der Waals surface area contributed by atoms with Crippen molar-refractivity contribution in [1.82, 2.24) is 14.7 Å². The summed E-state index contributed by atoms with van der Waals surface area (Å²) in [5.74, 6) is -0.915. The van der Waals surface area contributed by atoms with E-state index in [1.165, 1.54) is 22.3 Å². The van der Waals surface area contributed by atoms with E-state index in [1.807, 2.05) is 11.4 Å². The molecule has 2 aromatic rings. The van der Waals surface area contributed by atoms with Gasteiger partial charge < -0.3 is 9.80 Å². The molecule has 156 valence electrons. The Hall–Kier alpha value is -3.00. The van der Waals surface area contributed by atoms with E-state index < -0.39 is 5.54 Å². The molecule has 1 saturated heterocycles. The number of nitrogens with zero attached hydrogens (tertiary/aromatic N) is 3. The number of piperazine rings is 1. The van der Waals surface area contributed by atoms with Crippen molar-refractivity contribution < 1.29 is 19.2 Å². The van der Waals surface area contributed by atoms with Gasteiger partial charge in [-0.05, 0) is 50.4 Å². The van der Waals surface area contributed by atoms with Crippen LogP contribution in [0.1, 0.15) is 61.5 Å². The summed E-state index contributed by atoms with van der Waals surface area (Å²) in [4.78, 5) is 56.2. The normalized spacial score (nSPS) is 16.8. The summed E-state index contributed by atoms with van der Waals surface area (Å²) in [5.41, 5.74) is 0.344. The number of hydrogen-bond donors (Lipinski definition) is 0. The Kier molecular flexibility index (Phi) is 4.97. The fraction of sp³-hybridized carbons (Fsp3) is 0.364. The molecule has 0 aliphatic carbocycles. The number of thiophene rings is 1. The molecule has 1 aromatic carbocycles. The fourth-order valence-electron chi connectivity index (χ4n) is 3.83. The van der Waals surface area contributed by atoms with Crippen molar-refractivity contribution in [2.45, 2.75) is 26.3 Å². The molecule has 1 aromatic heterocycles. The molecule has 0 radical (unpaired) electrons. The molecule has 30 heavy (non-hydrogen) atoms. The molecule has 8 heteroatoms. The highest BCUT2D eigenvalue weighted by Crippen LogP contribution is 2.30. The van der Waals surface area contributed by atoms with Gasteiger partial charge in [0, 0.05) is 37.3 Å². The lowest BCUT2D eigenvalue weighted by Gasteiger charge is -2.34. The van der Waals surface area contributed by atoms with Gasteiger partial charge in [0.25, 0.3) is 23.6 Å².